The van der Waals surface area contributed by atoms with Crippen LogP contribution in [-0.4, -0.2) is 37.0 Å². The summed E-state index contributed by atoms with van der Waals surface area (Å²) in [5, 5.41) is 4.43. The third-order valence-corrected chi connectivity index (χ3v) is 6.46. The molecule has 1 fully saturated rings. The van der Waals surface area contributed by atoms with E-state index >= 15 is 0 Å². The van der Waals surface area contributed by atoms with Gasteiger partial charge in [0.25, 0.3) is 0 Å². The molecule has 1 saturated heterocycles. The van der Waals surface area contributed by atoms with Crippen LogP contribution in [0.2, 0.25) is 10.0 Å². The standard InChI is InChI=1S/C25H32Cl2N2O2/c1-25(2,3)20-7-4-5-10-23(20)31-16-13-28-24(30)18-11-14-29(15-12-18)17-19-21(26)8-6-9-22(19)27/h4-10,18H,11-17H2,1-3H3,(H,28,30). The summed E-state index contributed by atoms with van der Waals surface area (Å²) in [6, 6.07) is 13.7. The number of hydrogen-bond donors (Lipinski definition) is 1. The number of carbonyl (C=O) groups excluding carboxylic acids is 1. The monoisotopic (exact) mass is 462 g/mol. The van der Waals surface area contributed by atoms with E-state index in [9.17, 15) is 4.79 Å². The van der Waals surface area contributed by atoms with Crippen LogP contribution in [0.5, 0.6) is 5.75 Å². The minimum atomic E-state index is 0.0159. The Hall–Kier alpha value is -1.75. The molecule has 2 aromatic carbocycles. The number of hydrogen-bond acceptors (Lipinski definition) is 3. The van der Waals surface area contributed by atoms with E-state index < -0.39 is 0 Å². The predicted molar refractivity (Wildman–Crippen MR) is 128 cm³/mol. The largest absolute Gasteiger partial charge is 0.491 e. The lowest BCUT2D eigenvalue weighted by atomic mass is 9.86. The Kier molecular flexibility index (Phi) is 8.26. The first kappa shape index (κ1) is 23.9. The Labute approximate surface area is 195 Å². The van der Waals surface area contributed by atoms with E-state index in [1.807, 2.05) is 36.4 Å². The molecule has 4 nitrogen and oxygen atoms in total. The maximum absolute atomic E-state index is 12.6. The van der Waals surface area contributed by atoms with E-state index in [0.29, 0.717) is 29.7 Å². The van der Waals surface area contributed by atoms with Crippen LogP contribution in [0.1, 0.15) is 44.7 Å². The molecule has 1 aliphatic heterocycles. The molecular weight excluding hydrogens is 431 g/mol. The quantitative estimate of drug-likeness (QED) is 0.536. The minimum Gasteiger partial charge on any atom is -0.491 e. The average Bonchev–Trinajstić information content (AvgIpc) is 2.74. The Bertz CT molecular complexity index is 867. The normalized spacial score (nSPS) is 15.6. The van der Waals surface area contributed by atoms with Gasteiger partial charge in [0, 0.05) is 28.1 Å². The molecule has 31 heavy (non-hydrogen) atoms. The van der Waals surface area contributed by atoms with Gasteiger partial charge < -0.3 is 10.1 Å². The van der Waals surface area contributed by atoms with Gasteiger partial charge in [-0.15, -0.1) is 0 Å². The first-order valence-electron chi connectivity index (χ1n) is 10.9. The van der Waals surface area contributed by atoms with Crippen molar-refractivity contribution in [3.05, 3.63) is 63.6 Å². The lowest BCUT2D eigenvalue weighted by molar-refractivity contribution is -0.126. The van der Waals surface area contributed by atoms with E-state index in [4.69, 9.17) is 27.9 Å². The number of nitrogens with one attached hydrogen (secondary N) is 1. The molecule has 2 aromatic rings. The molecule has 0 bridgehead atoms. The number of halogens is 2. The van der Waals surface area contributed by atoms with Gasteiger partial charge in [-0.25, -0.2) is 0 Å². The summed E-state index contributed by atoms with van der Waals surface area (Å²) < 4.78 is 5.96. The Morgan fingerprint density at radius 3 is 2.35 bits per heavy atom. The van der Waals surface area contributed by atoms with Crippen LogP contribution in [0.4, 0.5) is 0 Å². The smallest absolute Gasteiger partial charge is 0.223 e. The highest BCUT2D eigenvalue weighted by molar-refractivity contribution is 6.35. The van der Waals surface area contributed by atoms with Crippen molar-refractivity contribution in [1.29, 1.82) is 0 Å². The van der Waals surface area contributed by atoms with Crippen molar-refractivity contribution >= 4 is 29.1 Å². The zero-order valence-corrected chi connectivity index (χ0v) is 20.1. The second-order valence-electron chi connectivity index (χ2n) is 9.14. The third-order valence-electron chi connectivity index (χ3n) is 5.76. The van der Waals surface area contributed by atoms with Gasteiger partial charge in [0.05, 0.1) is 6.54 Å². The van der Waals surface area contributed by atoms with Crippen LogP contribution in [0, 0.1) is 5.92 Å². The van der Waals surface area contributed by atoms with Gasteiger partial charge >= 0.3 is 0 Å². The summed E-state index contributed by atoms with van der Waals surface area (Å²) >= 11 is 12.6. The lowest BCUT2D eigenvalue weighted by Gasteiger charge is -2.31. The van der Waals surface area contributed by atoms with Crippen molar-refractivity contribution in [2.45, 2.75) is 45.6 Å². The molecule has 0 spiro atoms. The second-order valence-corrected chi connectivity index (χ2v) is 9.95. The van der Waals surface area contributed by atoms with Crippen LogP contribution in [0.25, 0.3) is 0 Å². The number of ether oxygens (including phenoxy) is 1. The number of likely N-dealkylation sites (tertiary alicyclic amines) is 1. The fourth-order valence-electron chi connectivity index (χ4n) is 3.95. The molecule has 1 amide bonds. The lowest BCUT2D eigenvalue weighted by Crippen LogP contribution is -2.41. The number of para-hydroxylation sites is 1. The number of carbonyl (C=O) groups is 1. The number of nitrogens with zero attached hydrogens (tertiary/aromatic N) is 1. The van der Waals surface area contributed by atoms with Crippen molar-refractivity contribution in [3.63, 3.8) is 0 Å². The van der Waals surface area contributed by atoms with Gasteiger partial charge in [0.1, 0.15) is 12.4 Å². The Morgan fingerprint density at radius 1 is 1.06 bits per heavy atom. The van der Waals surface area contributed by atoms with Crippen LogP contribution in [0.3, 0.4) is 0 Å². The zero-order chi connectivity index (χ0) is 22.4. The first-order valence-corrected chi connectivity index (χ1v) is 11.7. The first-order chi connectivity index (χ1) is 14.8. The Morgan fingerprint density at radius 2 is 1.71 bits per heavy atom. The average molecular weight is 463 g/mol. The molecule has 0 saturated carbocycles. The van der Waals surface area contributed by atoms with Gasteiger partial charge in [-0.3, -0.25) is 9.69 Å². The minimum absolute atomic E-state index is 0.0159. The van der Waals surface area contributed by atoms with E-state index in [1.165, 1.54) is 5.56 Å². The van der Waals surface area contributed by atoms with Crippen LogP contribution >= 0.6 is 23.2 Å². The summed E-state index contributed by atoms with van der Waals surface area (Å²) in [5.41, 5.74) is 2.15. The highest BCUT2D eigenvalue weighted by Crippen LogP contribution is 2.31. The maximum Gasteiger partial charge on any atom is 0.223 e. The molecular formula is C25H32Cl2N2O2. The van der Waals surface area contributed by atoms with E-state index in [0.717, 1.165) is 37.2 Å². The topological polar surface area (TPSA) is 41.6 Å². The molecule has 1 aliphatic rings. The Balaban J connectivity index is 1.41. The number of piperidine rings is 1. The number of rotatable bonds is 7. The van der Waals surface area contributed by atoms with Crippen molar-refractivity contribution in [2.75, 3.05) is 26.2 Å². The highest BCUT2D eigenvalue weighted by Gasteiger charge is 2.25. The molecule has 0 aliphatic carbocycles. The fraction of sp³-hybridized carbons (Fsp3) is 0.480. The van der Waals surface area contributed by atoms with E-state index in [1.54, 1.807) is 0 Å². The van der Waals surface area contributed by atoms with Gasteiger partial charge in [0.15, 0.2) is 0 Å². The summed E-state index contributed by atoms with van der Waals surface area (Å²) in [5.74, 6) is 1.04. The molecule has 168 valence electrons. The van der Waals surface area contributed by atoms with Gasteiger partial charge in [0.2, 0.25) is 5.91 Å². The maximum atomic E-state index is 12.6. The highest BCUT2D eigenvalue weighted by atomic mass is 35.5. The molecule has 1 heterocycles. The summed E-state index contributed by atoms with van der Waals surface area (Å²) in [7, 11) is 0. The van der Waals surface area contributed by atoms with Gasteiger partial charge in [-0.1, -0.05) is 68.2 Å². The van der Waals surface area contributed by atoms with Crippen LogP contribution in [0.15, 0.2) is 42.5 Å². The molecule has 0 aromatic heterocycles. The number of amides is 1. The molecule has 1 N–H and O–H groups in total. The zero-order valence-electron chi connectivity index (χ0n) is 18.6. The predicted octanol–water partition coefficient (Wildman–Crippen LogP) is 5.70. The molecule has 6 heteroatoms. The van der Waals surface area contributed by atoms with Gasteiger partial charge in [-0.05, 0) is 55.1 Å². The SMILES string of the molecule is CC(C)(C)c1ccccc1OCCNC(=O)C1CCN(Cc2c(Cl)cccc2Cl)CC1. The molecule has 0 radical (unpaired) electrons. The van der Waals surface area contributed by atoms with E-state index in [2.05, 4.69) is 37.1 Å². The van der Waals surface area contributed by atoms with E-state index in [-0.39, 0.29) is 17.2 Å². The van der Waals surface area contributed by atoms with Crippen LogP contribution < -0.4 is 10.1 Å². The van der Waals surface area contributed by atoms with Crippen molar-refractivity contribution < 1.29 is 9.53 Å². The van der Waals surface area contributed by atoms with Gasteiger partial charge in [-0.2, -0.15) is 0 Å². The molecule has 0 unspecified atom stereocenters. The summed E-state index contributed by atoms with van der Waals surface area (Å²) in [6.07, 6.45) is 1.67. The van der Waals surface area contributed by atoms with Crippen molar-refractivity contribution in [3.8, 4) is 5.75 Å². The summed E-state index contributed by atoms with van der Waals surface area (Å²) in [4.78, 5) is 14.9. The van der Waals surface area contributed by atoms with Crippen molar-refractivity contribution in [1.82, 2.24) is 10.2 Å². The van der Waals surface area contributed by atoms with Crippen molar-refractivity contribution in [2.24, 2.45) is 5.92 Å². The van der Waals surface area contributed by atoms with Crippen LogP contribution in [-0.2, 0) is 16.8 Å². The molecule has 3 rings (SSSR count). The third kappa shape index (κ3) is 6.61. The second kappa shape index (κ2) is 10.7. The number of benzene rings is 2. The summed E-state index contributed by atoms with van der Waals surface area (Å²) in [6.45, 7) is 9.91. The fourth-order valence-corrected chi connectivity index (χ4v) is 4.47. The molecule has 0 atom stereocenters.